The van der Waals surface area contributed by atoms with Crippen molar-refractivity contribution in [2.45, 2.75) is 13.3 Å². The Kier molecular flexibility index (Phi) is 3.25. The summed E-state index contributed by atoms with van der Waals surface area (Å²) in [5, 5.41) is 0.768. The van der Waals surface area contributed by atoms with E-state index in [0.29, 0.717) is 0 Å². The first kappa shape index (κ1) is 11.2. The molecule has 82 valence electrons. The minimum Gasteiger partial charge on any atom is -0.207 e. The molecule has 0 aliphatic rings. The van der Waals surface area contributed by atoms with E-state index in [1.54, 1.807) is 12.1 Å². The van der Waals surface area contributed by atoms with Gasteiger partial charge in [0.05, 0.1) is 0 Å². The Balaban J connectivity index is 2.41. The van der Waals surface area contributed by atoms with Gasteiger partial charge in [-0.3, -0.25) is 0 Å². The Morgan fingerprint density at radius 2 is 1.62 bits per heavy atom. The first-order valence-corrected chi connectivity index (χ1v) is 5.63. The van der Waals surface area contributed by atoms with Crippen LogP contribution < -0.4 is 0 Å². The monoisotopic (exact) mass is 234 g/mol. The molecule has 0 N–H and O–H groups in total. The van der Waals surface area contributed by atoms with Crippen molar-refractivity contribution >= 4 is 11.6 Å². The van der Waals surface area contributed by atoms with E-state index >= 15 is 0 Å². The van der Waals surface area contributed by atoms with Crippen molar-refractivity contribution < 1.29 is 4.39 Å². The third-order valence-corrected chi connectivity index (χ3v) is 2.96. The molecule has 2 aromatic carbocycles. The highest BCUT2D eigenvalue weighted by Gasteiger charge is 2.02. The van der Waals surface area contributed by atoms with Crippen LogP contribution in [0.3, 0.4) is 0 Å². The Bertz CT molecular complexity index is 489. The summed E-state index contributed by atoms with van der Waals surface area (Å²) in [7, 11) is 0. The van der Waals surface area contributed by atoms with Gasteiger partial charge in [0.2, 0.25) is 0 Å². The van der Waals surface area contributed by atoms with Crippen LogP contribution in [-0.2, 0) is 6.42 Å². The standard InChI is InChI=1S/C14H12ClF/c1-2-10-3-4-12(9-14(10)15)11-5-7-13(16)8-6-11/h3-9H,2H2,1H3. The fraction of sp³-hybridized carbons (Fsp3) is 0.143. The molecule has 0 aromatic heterocycles. The molecule has 0 fully saturated rings. The van der Waals surface area contributed by atoms with Crippen molar-refractivity contribution in [2.75, 3.05) is 0 Å². The Hall–Kier alpha value is -1.34. The van der Waals surface area contributed by atoms with Crippen LogP contribution in [-0.4, -0.2) is 0 Å². The maximum Gasteiger partial charge on any atom is 0.123 e. The maximum absolute atomic E-state index is 12.8. The van der Waals surface area contributed by atoms with Crippen LogP contribution >= 0.6 is 11.6 Å². The quantitative estimate of drug-likeness (QED) is 0.706. The molecule has 0 nitrogen and oxygen atoms in total. The molecular formula is C14H12ClF. The van der Waals surface area contributed by atoms with Crippen LogP contribution in [0.25, 0.3) is 11.1 Å². The van der Waals surface area contributed by atoms with Crippen LogP contribution in [0, 0.1) is 5.82 Å². The first-order valence-electron chi connectivity index (χ1n) is 5.25. The topological polar surface area (TPSA) is 0 Å². The molecular weight excluding hydrogens is 223 g/mol. The van der Waals surface area contributed by atoms with E-state index < -0.39 is 0 Å². The molecule has 0 radical (unpaired) electrons. The van der Waals surface area contributed by atoms with Gasteiger partial charge in [0.1, 0.15) is 5.82 Å². The van der Waals surface area contributed by atoms with Gasteiger partial charge in [0.15, 0.2) is 0 Å². The Labute approximate surface area is 99.7 Å². The lowest BCUT2D eigenvalue weighted by molar-refractivity contribution is 0.628. The van der Waals surface area contributed by atoms with Crippen molar-refractivity contribution in [2.24, 2.45) is 0 Å². The maximum atomic E-state index is 12.8. The van der Waals surface area contributed by atoms with Gasteiger partial charge < -0.3 is 0 Å². The van der Waals surface area contributed by atoms with Crippen molar-refractivity contribution in [3.63, 3.8) is 0 Å². The predicted octanol–water partition coefficient (Wildman–Crippen LogP) is 4.71. The van der Waals surface area contributed by atoms with Crippen LogP contribution in [0.5, 0.6) is 0 Å². The highest BCUT2D eigenvalue weighted by Crippen LogP contribution is 2.26. The lowest BCUT2D eigenvalue weighted by atomic mass is 10.0. The summed E-state index contributed by atoms with van der Waals surface area (Å²) in [6.45, 7) is 2.07. The average molecular weight is 235 g/mol. The highest BCUT2D eigenvalue weighted by molar-refractivity contribution is 6.31. The second-order valence-electron chi connectivity index (χ2n) is 3.67. The van der Waals surface area contributed by atoms with E-state index in [4.69, 9.17) is 11.6 Å². The number of hydrogen-bond donors (Lipinski definition) is 0. The summed E-state index contributed by atoms with van der Waals surface area (Å²) in [4.78, 5) is 0. The fourth-order valence-corrected chi connectivity index (χ4v) is 1.97. The molecule has 0 spiro atoms. The largest absolute Gasteiger partial charge is 0.207 e. The smallest absolute Gasteiger partial charge is 0.123 e. The number of halogens is 2. The van der Waals surface area contributed by atoms with Crippen molar-refractivity contribution in [1.82, 2.24) is 0 Å². The van der Waals surface area contributed by atoms with E-state index in [-0.39, 0.29) is 5.82 Å². The van der Waals surface area contributed by atoms with E-state index in [2.05, 4.69) is 6.92 Å². The van der Waals surface area contributed by atoms with E-state index in [9.17, 15) is 4.39 Å². The lowest BCUT2D eigenvalue weighted by Gasteiger charge is -2.05. The van der Waals surface area contributed by atoms with Gasteiger partial charge in [0.25, 0.3) is 0 Å². The minimum absolute atomic E-state index is 0.222. The SMILES string of the molecule is CCc1ccc(-c2ccc(F)cc2)cc1Cl. The summed E-state index contributed by atoms with van der Waals surface area (Å²) in [6, 6.07) is 12.4. The summed E-state index contributed by atoms with van der Waals surface area (Å²) in [5.41, 5.74) is 3.13. The zero-order valence-corrected chi connectivity index (χ0v) is 9.76. The van der Waals surface area contributed by atoms with E-state index in [1.165, 1.54) is 12.1 Å². The number of rotatable bonds is 2. The molecule has 0 unspecified atom stereocenters. The summed E-state index contributed by atoms with van der Waals surface area (Å²) >= 11 is 6.14. The molecule has 0 bridgehead atoms. The fourth-order valence-electron chi connectivity index (χ4n) is 1.66. The van der Waals surface area contributed by atoms with Crippen molar-refractivity contribution in [3.05, 3.63) is 58.9 Å². The Morgan fingerprint density at radius 1 is 1.00 bits per heavy atom. The van der Waals surface area contributed by atoms with Gasteiger partial charge in [-0.1, -0.05) is 42.8 Å². The number of hydrogen-bond acceptors (Lipinski definition) is 0. The second kappa shape index (κ2) is 4.67. The molecule has 0 saturated heterocycles. The first-order chi connectivity index (χ1) is 7.70. The van der Waals surface area contributed by atoms with Crippen LogP contribution in [0.2, 0.25) is 5.02 Å². The molecule has 0 atom stereocenters. The second-order valence-corrected chi connectivity index (χ2v) is 4.07. The van der Waals surface area contributed by atoms with E-state index in [0.717, 1.165) is 28.1 Å². The lowest BCUT2D eigenvalue weighted by Crippen LogP contribution is -1.84. The van der Waals surface area contributed by atoms with Gasteiger partial charge in [0, 0.05) is 5.02 Å². The molecule has 0 saturated carbocycles. The van der Waals surface area contributed by atoms with Crippen molar-refractivity contribution in [1.29, 1.82) is 0 Å². The van der Waals surface area contributed by atoms with Gasteiger partial charge in [-0.15, -0.1) is 0 Å². The third kappa shape index (κ3) is 2.25. The van der Waals surface area contributed by atoms with Crippen LogP contribution in [0.1, 0.15) is 12.5 Å². The molecule has 0 amide bonds. The molecule has 16 heavy (non-hydrogen) atoms. The average Bonchev–Trinajstić information content (AvgIpc) is 2.30. The highest BCUT2D eigenvalue weighted by atomic mass is 35.5. The molecule has 2 aromatic rings. The van der Waals surface area contributed by atoms with Gasteiger partial charge >= 0.3 is 0 Å². The zero-order chi connectivity index (χ0) is 11.5. The van der Waals surface area contributed by atoms with E-state index in [1.807, 2.05) is 18.2 Å². The van der Waals surface area contributed by atoms with Crippen LogP contribution in [0.4, 0.5) is 4.39 Å². The molecule has 2 rings (SSSR count). The molecule has 0 aliphatic heterocycles. The number of benzene rings is 2. The number of aryl methyl sites for hydroxylation is 1. The van der Waals surface area contributed by atoms with Gasteiger partial charge in [-0.25, -0.2) is 4.39 Å². The van der Waals surface area contributed by atoms with Crippen molar-refractivity contribution in [3.8, 4) is 11.1 Å². The third-order valence-electron chi connectivity index (χ3n) is 2.61. The molecule has 0 heterocycles. The predicted molar refractivity (Wildman–Crippen MR) is 66.2 cm³/mol. The normalized spacial score (nSPS) is 10.4. The molecule has 0 aliphatic carbocycles. The zero-order valence-electron chi connectivity index (χ0n) is 9.00. The molecule has 2 heteroatoms. The minimum atomic E-state index is -0.222. The summed E-state index contributed by atoms with van der Waals surface area (Å²) < 4.78 is 12.8. The Morgan fingerprint density at radius 3 is 2.19 bits per heavy atom. The summed E-state index contributed by atoms with van der Waals surface area (Å²) in [5.74, 6) is -0.222. The summed E-state index contributed by atoms with van der Waals surface area (Å²) in [6.07, 6.45) is 0.919. The van der Waals surface area contributed by atoms with Gasteiger partial charge in [-0.05, 0) is 41.3 Å². The van der Waals surface area contributed by atoms with Gasteiger partial charge in [-0.2, -0.15) is 0 Å². The van der Waals surface area contributed by atoms with Crippen LogP contribution in [0.15, 0.2) is 42.5 Å².